The fraction of sp³-hybridized carbons (Fsp3) is 0.600. The highest BCUT2D eigenvalue weighted by Gasteiger charge is 2.17. The van der Waals surface area contributed by atoms with Crippen molar-refractivity contribution in [2.45, 2.75) is 6.92 Å². The summed E-state index contributed by atoms with van der Waals surface area (Å²) in [4.78, 5) is 4.55. The van der Waals surface area contributed by atoms with Gasteiger partial charge in [0.15, 0.2) is 0 Å². The summed E-state index contributed by atoms with van der Waals surface area (Å²) in [6, 6.07) is 0. The van der Waals surface area contributed by atoms with Gasteiger partial charge in [0.05, 0.1) is 18.0 Å². The molecular formula is C5H9N2O3-. The molecule has 0 aromatic carbocycles. The standard InChI is InChI=1S/C5H9N2O3/c1-4-5(3-8)7(9)10-6(4)2/h8H,3H2,1-2H3/q-1. The van der Waals surface area contributed by atoms with Crippen LogP contribution in [0.15, 0.2) is 11.4 Å². The number of hydrogen-bond donors (Lipinski definition) is 1. The van der Waals surface area contributed by atoms with Gasteiger partial charge in [-0.05, 0) is 6.92 Å². The first-order chi connectivity index (χ1) is 4.66. The van der Waals surface area contributed by atoms with Crippen LogP contribution in [0.3, 0.4) is 0 Å². The Morgan fingerprint density at radius 3 is 2.50 bits per heavy atom. The zero-order valence-electron chi connectivity index (χ0n) is 5.87. The normalized spacial score (nSPS) is 19.2. The number of rotatable bonds is 1. The highest BCUT2D eigenvalue weighted by Crippen LogP contribution is 2.20. The van der Waals surface area contributed by atoms with Crippen molar-refractivity contribution in [2.75, 3.05) is 13.7 Å². The molecule has 1 N–H and O–H groups in total. The molecule has 0 bridgehead atoms. The molecular weight excluding hydrogens is 136 g/mol. The van der Waals surface area contributed by atoms with Crippen molar-refractivity contribution in [3.05, 3.63) is 16.6 Å². The number of hydroxylamine groups is 4. The van der Waals surface area contributed by atoms with E-state index >= 15 is 0 Å². The molecule has 0 spiro atoms. The van der Waals surface area contributed by atoms with E-state index in [1.54, 1.807) is 14.0 Å². The van der Waals surface area contributed by atoms with Gasteiger partial charge in [0.2, 0.25) is 0 Å². The van der Waals surface area contributed by atoms with Gasteiger partial charge in [0.25, 0.3) is 0 Å². The van der Waals surface area contributed by atoms with Crippen molar-refractivity contribution in [1.29, 1.82) is 0 Å². The maximum Gasteiger partial charge on any atom is 0.0863 e. The number of allylic oxidation sites excluding steroid dienone is 1. The van der Waals surface area contributed by atoms with Crippen molar-refractivity contribution in [1.82, 2.24) is 10.3 Å². The molecule has 0 saturated carbocycles. The van der Waals surface area contributed by atoms with E-state index in [0.717, 1.165) is 0 Å². The molecule has 1 rings (SSSR count). The number of aliphatic hydroxyl groups excluding tert-OH is 1. The van der Waals surface area contributed by atoms with Gasteiger partial charge in [0, 0.05) is 7.05 Å². The monoisotopic (exact) mass is 145 g/mol. The molecule has 0 atom stereocenters. The molecule has 5 nitrogen and oxygen atoms in total. The van der Waals surface area contributed by atoms with E-state index in [9.17, 15) is 5.21 Å². The van der Waals surface area contributed by atoms with Crippen LogP contribution < -0.4 is 0 Å². The van der Waals surface area contributed by atoms with Crippen molar-refractivity contribution in [3.8, 4) is 0 Å². The maximum absolute atomic E-state index is 10.7. The first-order valence-electron chi connectivity index (χ1n) is 2.86. The molecule has 1 aliphatic heterocycles. The lowest BCUT2D eigenvalue weighted by atomic mass is 10.4. The molecule has 0 radical (unpaired) electrons. The Kier molecular flexibility index (Phi) is 1.80. The summed E-state index contributed by atoms with van der Waals surface area (Å²) in [5.41, 5.74) is 0.889. The van der Waals surface area contributed by atoms with Gasteiger partial charge in [-0.2, -0.15) is 4.94 Å². The maximum atomic E-state index is 10.7. The van der Waals surface area contributed by atoms with E-state index in [0.29, 0.717) is 10.9 Å². The summed E-state index contributed by atoms with van der Waals surface area (Å²) >= 11 is 0. The van der Waals surface area contributed by atoms with Crippen LogP contribution >= 0.6 is 0 Å². The minimum absolute atomic E-state index is 0.252. The van der Waals surface area contributed by atoms with Crippen molar-refractivity contribution < 1.29 is 10.0 Å². The molecule has 58 valence electrons. The summed E-state index contributed by atoms with van der Waals surface area (Å²) in [5.74, 6) is 0. The third-order valence-electron chi connectivity index (χ3n) is 1.46. The van der Waals surface area contributed by atoms with Crippen LogP contribution in [0.4, 0.5) is 0 Å². The van der Waals surface area contributed by atoms with Gasteiger partial charge in [-0.1, -0.05) is 0 Å². The molecule has 0 fully saturated rings. The minimum Gasteiger partial charge on any atom is -0.732 e. The Morgan fingerprint density at radius 2 is 2.30 bits per heavy atom. The number of hydrogen-bond acceptors (Lipinski definition) is 5. The Hall–Kier alpha value is -0.780. The lowest BCUT2D eigenvalue weighted by Crippen LogP contribution is -2.16. The third kappa shape index (κ3) is 0.942. The summed E-state index contributed by atoms with van der Waals surface area (Å²) in [6.45, 7) is 1.41. The van der Waals surface area contributed by atoms with E-state index in [1.807, 2.05) is 0 Å². The van der Waals surface area contributed by atoms with Crippen LogP contribution in [-0.2, 0) is 4.94 Å². The second-order valence-electron chi connectivity index (χ2n) is 2.03. The third-order valence-corrected chi connectivity index (χ3v) is 1.46. The SMILES string of the molecule is CC1=C(CO)N([O-])ON1C. The number of aliphatic hydroxyl groups is 1. The van der Waals surface area contributed by atoms with Crippen LogP contribution in [0.2, 0.25) is 0 Å². The van der Waals surface area contributed by atoms with Crippen molar-refractivity contribution in [2.24, 2.45) is 0 Å². The second kappa shape index (κ2) is 2.45. The fourth-order valence-corrected chi connectivity index (χ4v) is 0.708. The fourth-order valence-electron chi connectivity index (χ4n) is 0.708. The Labute approximate surface area is 58.6 Å². The molecule has 0 aromatic rings. The lowest BCUT2D eigenvalue weighted by Gasteiger charge is -2.23. The van der Waals surface area contributed by atoms with Crippen LogP contribution in [0, 0.1) is 5.21 Å². The van der Waals surface area contributed by atoms with Crippen LogP contribution in [0.5, 0.6) is 0 Å². The first-order valence-corrected chi connectivity index (χ1v) is 2.86. The molecule has 0 aliphatic carbocycles. The predicted molar refractivity (Wildman–Crippen MR) is 33.8 cm³/mol. The smallest absolute Gasteiger partial charge is 0.0863 e. The highest BCUT2D eigenvalue weighted by atomic mass is 17.0. The van der Waals surface area contributed by atoms with E-state index in [4.69, 9.17) is 5.11 Å². The summed E-state index contributed by atoms with van der Waals surface area (Å²) in [5, 5.41) is 20.9. The Balaban J connectivity index is 2.79. The van der Waals surface area contributed by atoms with Gasteiger partial charge >= 0.3 is 0 Å². The van der Waals surface area contributed by atoms with Gasteiger partial charge in [-0.3, -0.25) is 5.23 Å². The Bertz CT molecular complexity index is 168. The lowest BCUT2D eigenvalue weighted by molar-refractivity contribution is -0.232. The summed E-state index contributed by atoms with van der Waals surface area (Å²) in [7, 11) is 1.60. The first kappa shape index (κ1) is 7.33. The highest BCUT2D eigenvalue weighted by molar-refractivity contribution is 5.10. The average molecular weight is 145 g/mol. The molecule has 0 unspecified atom stereocenters. The topological polar surface area (TPSA) is 59.0 Å². The molecule has 1 heterocycles. The molecule has 0 saturated heterocycles. The van der Waals surface area contributed by atoms with E-state index in [2.05, 4.69) is 4.94 Å². The van der Waals surface area contributed by atoms with Gasteiger partial charge in [-0.15, -0.1) is 0 Å². The van der Waals surface area contributed by atoms with E-state index in [-0.39, 0.29) is 12.3 Å². The molecule has 0 amide bonds. The van der Waals surface area contributed by atoms with Gasteiger partial charge < -0.3 is 10.3 Å². The van der Waals surface area contributed by atoms with Gasteiger partial charge in [0.1, 0.15) is 0 Å². The number of nitrogens with zero attached hydrogens (tertiary/aromatic N) is 2. The van der Waals surface area contributed by atoms with E-state index in [1.165, 1.54) is 5.06 Å². The largest absolute Gasteiger partial charge is 0.732 e. The second-order valence-corrected chi connectivity index (χ2v) is 2.03. The molecule has 10 heavy (non-hydrogen) atoms. The zero-order valence-corrected chi connectivity index (χ0v) is 5.87. The summed E-state index contributed by atoms with van der Waals surface area (Å²) < 4.78 is 0. The van der Waals surface area contributed by atoms with Crippen LogP contribution in [-0.4, -0.2) is 29.1 Å². The molecule has 0 aromatic heterocycles. The van der Waals surface area contributed by atoms with Crippen LogP contribution in [0.25, 0.3) is 0 Å². The van der Waals surface area contributed by atoms with Gasteiger partial charge in [-0.25, -0.2) is 5.06 Å². The van der Waals surface area contributed by atoms with Crippen LogP contribution in [0.1, 0.15) is 6.92 Å². The quantitative estimate of drug-likeness (QED) is 0.553. The molecule has 5 heteroatoms. The summed E-state index contributed by atoms with van der Waals surface area (Å²) in [6.07, 6.45) is 0. The predicted octanol–water partition coefficient (Wildman–Crippen LogP) is -0.198. The average Bonchev–Trinajstić information content (AvgIpc) is 2.09. The molecule has 1 aliphatic rings. The van der Waals surface area contributed by atoms with E-state index < -0.39 is 0 Å². The minimum atomic E-state index is -0.292. The Morgan fingerprint density at radius 1 is 1.70 bits per heavy atom. The zero-order chi connectivity index (χ0) is 7.72. The van der Waals surface area contributed by atoms with Crippen molar-refractivity contribution in [3.63, 3.8) is 0 Å². The van der Waals surface area contributed by atoms with Crippen molar-refractivity contribution >= 4 is 0 Å².